The average molecular weight is 475 g/mol. The van der Waals surface area contributed by atoms with Crippen LogP contribution >= 0.6 is 0 Å². The highest BCUT2D eigenvalue weighted by Gasteiger charge is 2.23. The van der Waals surface area contributed by atoms with Gasteiger partial charge in [0, 0.05) is 25.2 Å². The number of benzene rings is 3. The van der Waals surface area contributed by atoms with E-state index in [0.29, 0.717) is 12.1 Å². The minimum Gasteiger partial charge on any atom is -0.379 e. The zero-order valence-electron chi connectivity index (χ0n) is 18.2. The van der Waals surface area contributed by atoms with E-state index in [2.05, 4.69) is 0 Å². The van der Waals surface area contributed by atoms with Crippen LogP contribution in [0.3, 0.4) is 0 Å². The summed E-state index contributed by atoms with van der Waals surface area (Å²) in [4.78, 5) is 16.2. The van der Waals surface area contributed by atoms with Crippen LogP contribution in [0.1, 0.15) is 15.9 Å². The number of carbonyl (C=O) groups is 1. The molecule has 0 radical (unpaired) electrons. The summed E-state index contributed by atoms with van der Waals surface area (Å²) in [7, 11) is -0.541. The summed E-state index contributed by atoms with van der Waals surface area (Å²) >= 11 is 0. The minimum absolute atomic E-state index is 0.00385. The van der Waals surface area contributed by atoms with Crippen molar-refractivity contribution >= 4 is 16.0 Å². The molecule has 0 unspecified atom stereocenters. The molecule has 174 valence electrons. The van der Waals surface area contributed by atoms with E-state index in [4.69, 9.17) is 4.18 Å². The average Bonchev–Trinajstić information content (AvgIpc) is 2.77. The Morgan fingerprint density at radius 1 is 0.879 bits per heavy atom. The summed E-state index contributed by atoms with van der Waals surface area (Å²) in [6, 6.07) is 16.3. The topological polar surface area (TPSA) is 66.9 Å². The fraction of sp³-hybridized carbons (Fsp3) is 0.208. The van der Waals surface area contributed by atoms with Crippen molar-refractivity contribution in [3.63, 3.8) is 0 Å². The standard InChI is InChI=1S/C24H24F2N2O4S/c1-27(2)15-16-28(24(29)21-8-4-5-9-22(21)26)17-18-7-3-6-10-23(18)32-33(30,31)20-13-11-19(25)12-14-20/h3-14H,15-17H2,1-2H3. The van der Waals surface area contributed by atoms with Gasteiger partial charge in [0.05, 0.1) is 5.56 Å². The second kappa shape index (κ2) is 10.5. The first-order valence-corrected chi connectivity index (χ1v) is 11.5. The highest BCUT2D eigenvalue weighted by atomic mass is 32.2. The van der Waals surface area contributed by atoms with E-state index in [9.17, 15) is 22.0 Å². The quantitative estimate of drug-likeness (QED) is 0.440. The molecule has 0 saturated carbocycles. The Kier molecular flexibility index (Phi) is 7.78. The van der Waals surface area contributed by atoms with Gasteiger partial charge in [-0.1, -0.05) is 30.3 Å². The maximum atomic E-state index is 14.3. The summed E-state index contributed by atoms with van der Waals surface area (Å²) in [5, 5.41) is 0. The predicted octanol–water partition coefficient (Wildman–Crippen LogP) is 3.94. The van der Waals surface area contributed by atoms with E-state index in [1.54, 1.807) is 24.3 Å². The molecule has 0 aliphatic rings. The first-order valence-electron chi connectivity index (χ1n) is 10.1. The fourth-order valence-electron chi connectivity index (χ4n) is 3.07. The maximum Gasteiger partial charge on any atom is 0.339 e. The van der Waals surface area contributed by atoms with Gasteiger partial charge in [-0.3, -0.25) is 4.79 Å². The number of nitrogens with zero attached hydrogens (tertiary/aromatic N) is 2. The highest BCUT2D eigenvalue weighted by Crippen LogP contribution is 2.25. The molecule has 0 aromatic heterocycles. The van der Waals surface area contributed by atoms with Crippen LogP contribution in [0.5, 0.6) is 5.75 Å². The molecule has 3 aromatic rings. The largest absolute Gasteiger partial charge is 0.379 e. The predicted molar refractivity (Wildman–Crippen MR) is 120 cm³/mol. The van der Waals surface area contributed by atoms with E-state index < -0.39 is 27.7 Å². The van der Waals surface area contributed by atoms with Crippen LogP contribution in [0.15, 0.2) is 77.7 Å². The van der Waals surface area contributed by atoms with E-state index in [1.807, 2.05) is 19.0 Å². The molecule has 0 aliphatic carbocycles. The lowest BCUT2D eigenvalue weighted by Crippen LogP contribution is -2.36. The van der Waals surface area contributed by atoms with Crippen LogP contribution in [0.4, 0.5) is 8.78 Å². The van der Waals surface area contributed by atoms with Gasteiger partial charge in [-0.25, -0.2) is 8.78 Å². The second-order valence-corrected chi connectivity index (χ2v) is 9.16. The Balaban J connectivity index is 1.90. The lowest BCUT2D eigenvalue weighted by molar-refractivity contribution is 0.0726. The van der Waals surface area contributed by atoms with E-state index in [-0.39, 0.29) is 29.3 Å². The van der Waals surface area contributed by atoms with Gasteiger partial charge in [0.15, 0.2) is 0 Å². The van der Waals surface area contributed by atoms with Crippen LogP contribution in [0.25, 0.3) is 0 Å². The Bertz CT molecular complexity index is 1220. The third-order valence-electron chi connectivity index (χ3n) is 4.84. The first kappa shape index (κ1) is 24.3. The Morgan fingerprint density at radius 2 is 1.52 bits per heavy atom. The van der Waals surface area contributed by atoms with Crippen molar-refractivity contribution in [3.05, 3.63) is 95.6 Å². The molecule has 3 aromatic carbocycles. The molecule has 33 heavy (non-hydrogen) atoms. The maximum absolute atomic E-state index is 14.3. The molecule has 1 amide bonds. The number of para-hydroxylation sites is 1. The third-order valence-corrected chi connectivity index (χ3v) is 6.09. The van der Waals surface area contributed by atoms with Gasteiger partial charge in [0.2, 0.25) is 0 Å². The van der Waals surface area contributed by atoms with Gasteiger partial charge >= 0.3 is 10.1 Å². The Hall–Kier alpha value is -3.30. The second-order valence-electron chi connectivity index (χ2n) is 7.61. The number of carbonyl (C=O) groups excluding carboxylic acids is 1. The molecule has 9 heteroatoms. The van der Waals surface area contributed by atoms with Crippen LogP contribution in [0, 0.1) is 11.6 Å². The molecule has 0 aliphatic heterocycles. The van der Waals surface area contributed by atoms with Gasteiger partial charge in [0.25, 0.3) is 5.91 Å². The van der Waals surface area contributed by atoms with Crippen molar-refractivity contribution in [1.29, 1.82) is 0 Å². The summed E-state index contributed by atoms with van der Waals surface area (Å²) in [5.74, 6) is -1.71. The summed E-state index contributed by atoms with van der Waals surface area (Å²) in [5.41, 5.74) is 0.347. The monoisotopic (exact) mass is 474 g/mol. The Morgan fingerprint density at radius 3 is 2.18 bits per heavy atom. The Labute approximate surface area is 192 Å². The smallest absolute Gasteiger partial charge is 0.339 e. The lowest BCUT2D eigenvalue weighted by Gasteiger charge is -2.25. The number of hydrogen-bond acceptors (Lipinski definition) is 5. The van der Waals surface area contributed by atoms with Crippen molar-refractivity contribution < 1.29 is 26.2 Å². The minimum atomic E-state index is -4.23. The van der Waals surface area contributed by atoms with Crippen molar-refractivity contribution in [3.8, 4) is 5.75 Å². The normalized spacial score (nSPS) is 11.4. The molecule has 6 nitrogen and oxygen atoms in total. The van der Waals surface area contributed by atoms with Gasteiger partial charge in [0.1, 0.15) is 22.3 Å². The molecular weight excluding hydrogens is 450 g/mol. The SMILES string of the molecule is CN(C)CCN(Cc1ccccc1OS(=O)(=O)c1ccc(F)cc1)C(=O)c1ccccc1F. The van der Waals surface area contributed by atoms with Crippen molar-refractivity contribution in [2.45, 2.75) is 11.4 Å². The molecule has 0 atom stereocenters. The molecule has 0 N–H and O–H groups in total. The third kappa shape index (κ3) is 6.36. The molecule has 0 spiro atoms. The molecule has 0 bridgehead atoms. The van der Waals surface area contributed by atoms with Gasteiger partial charge in [-0.05, 0) is 56.6 Å². The summed E-state index contributed by atoms with van der Waals surface area (Å²) in [6.07, 6.45) is 0. The zero-order chi connectivity index (χ0) is 24.0. The molecule has 0 saturated heterocycles. The number of amides is 1. The van der Waals surface area contributed by atoms with E-state index in [1.165, 1.54) is 29.2 Å². The summed E-state index contributed by atoms with van der Waals surface area (Å²) in [6.45, 7) is 0.784. The van der Waals surface area contributed by atoms with Gasteiger partial charge < -0.3 is 14.0 Å². The molecule has 0 heterocycles. The number of hydrogen-bond donors (Lipinski definition) is 0. The van der Waals surface area contributed by atoms with Crippen molar-refractivity contribution in [2.75, 3.05) is 27.2 Å². The van der Waals surface area contributed by atoms with Crippen LogP contribution in [-0.2, 0) is 16.7 Å². The van der Waals surface area contributed by atoms with Crippen LogP contribution in [0.2, 0.25) is 0 Å². The fourth-order valence-corrected chi connectivity index (χ4v) is 4.03. The van der Waals surface area contributed by atoms with Gasteiger partial charge in [-0.2, -0.15) is 8.42 Å². The first-order chi connectivity index (χ1) is 15.7. The van der Waals surface area contributed by atoms with Crippen LogP contribution in [-0.4, -0.2) is 51.3 Å². The lowest BCUT2D eigenvalue weighted by atomic mass is 10.1. The summed E-state index contributed by atoms with van der Waals surface area (Å²) < 4.78 is 58.1. The molecule has 0 fully saturated rings. The van der Waals surface area contributed by atoms with Crippen molar-refractivity contribution in [1.82, 2.24) is 9.80 Å². The number of likely N-dealkylation sites (N-methyl/N-ethyl adjacent to an activating group) is 1. The highest BCUT2D eigenvalue weighted by molar-refractivity contribution is 7.87. The zero-order valence-corrected chi connectivity index (χ0v) is 19.1. The van der Waals surface area contributed by atoms with Gasteiger partial charge in [-0.15, -0.1) is 0 Å². The van der Waals surface area contributed by atoms with E-state index in [0.717, 1.165) is 24.3 Å². The number of halogens is 2. The van der Waals surface area contributed by atoms with Crippen molar-refractivity contribution in [2.24, 2.45) is 0 Å². The molecular formula is C24H24F2N2O4S. The van der Waals surface area contributed by atoms with Crippen LogP contribution < -0.4 is 4.18 Å². The molecule has 3 rings (SSSR count). The number of rotatable bonds is 9. The van der Waals surface area contributed by atoms with E-state index >= 15 is 0 Å².